The molecule has 3 atom stereocenters. The van der Waals surface area contributed by atoms with Crippen LogP contribution in [0.5, 0.6) is 0 Å². The van der Waals surface area contributed by atoms with Gasteiger partial charge in [-0.15, -0.1) is 0 Å². The largest absolute Gasteiger partial charge is 0.760 e. The van der Waals surface area contributed by atoms with Crippen molar-refractivity contribution in [3.05, 3.63) is 70.5 Å². The summed E-state index contributed by atoms with van der Waals surface area (Å²) in [6, 6.07) is 14.3. The van der Waals surface area contributed by atoms with Crippen LogP contribution >= 0.6 is 0 Å². The molecule has 2 N–H and O–H groups in total. The van der Waals surface area contributed by atoms with Gasteiger partial charge < -0.3 is 9.87 Å². The predicted molar refractivity (Wildman–Crippen MR) is 108 cm³/mol. The first-order valence-electron chi connectivity index (χ1n) is 9.89. The van der Waals surface area contributed by atoms with Crippen LogP contribution in [0.1, 0.15) is 47.4 Å². The average molecular weight is 402 g/mol. The summed E-state index contributed by atoms with van der Waals surface area (Å²) in [6.07, 6.45) is 4.60. The van der Waals surface area contributed by atoms with Gasteiger partial charge in [0.15, 0.2) is 0 Å². The molecule has 2 aromatic rings. The van der Waals surface area contributed by atoms with Crippen molar-refractivity contribution < 1.29 is 13.2 Å². The van der Waals surface area contributed by atoms with Crippen LogP contribution in [-0.2, 0) is 30.5 Å². The lowest BCUT2D eigenvalue weighted by Crippen LogP contribution is -2.53. The fourth-order valence-corrected chi connectivity index (χ4v) is 5.44. The Balaban J connectivity index is 1.63. The number of rotatable bonds is 7. The molecule has 3 unspecified atom stereocenters. The number of fused-ring (bicyclic) bond motifs is 1. The summed E-state index contributed by atoms with van der Waals surface area (Å²) < 4.78 is 39.9. The Morgan fingerprint density at radius 2 is 2.00 bits per heavy atom. The highest BCUT2D eigenvalue weighted by Crippen LogP contribution is 2.40. The van der Waals surface area contributed by atoms with Crippen molar-refractivity contribution in [1.29, 1.82) is 0 Å². The smallest absolute Gasteiger partial charge is 0.126 e. The molecule has 0 aliphatic heterocycles. The Labute approximate surface area is 168 Å². The normalized spacial score (nSPS) is 23.8. The third-order valence-corrected chi connectivity index (χ3v) is 7.04. The van der Waals surface area contributed by atoms with E-state index in [1.807, 2.05) is 31.3 Å². The van der Waals surface area contributed by atoms with E-state index >= 15 is 0 Å². The van der Waals surface area contributed by atoms with Crippen molar-refractivity contribution in [3.63, 3.8) is 0 Å². The van der Waals surface area contributed by atoms with Crippen molar-refractivity contribution in [3.8, 4) is 0 Å². The van der Waals surface area contributed by atoms with E-state index in [4.69, 9.17) is 0 Å². The first-order valence-corrected chi connectivity index (χ1v) is 11.0. The molecule has 150 valence electrons. The standard InChI is InChI=1S/C22H27FN2O2S/c1-24-21-13-16-12-20(23)17(14-22(8-5-9-22)25-28(26)27)11-18(16)19(21)10-15-6-3-2-4-7-15/h2-4,6-7,11-12,19,21,24-25H,5,8-10,13-14H2,1H3,(H,26,27)/p-1. The molecule has 1 saturated carbocycles. The zero-order valence-electron chi connectivity index (χ0n) is 16.0. The summed E-state index contributed by atoms with van der Waals surface area (Å²) in [6.45, 7) is 0. The SMILES string of the molecule is CNC1Cc2cc(F)c(CC3(NS(=O)[O-])CCC3)cc2C1Cc1ccccc1. The molecule has 0 heterocycles. The minimum absolute atomic E-state index is 0.223. The molecule has 0 bridgehead atoms. The highest BCUT2D eigenvalue weighted by atomic mass is 32.2. The highest BCUT2D eigenvalue weighted by molar-refractivity contribution is 7.77. The number of hydrogen-bond acceptors (Lipinski definition) is 3. The molecule has 2 aliphatic rings. The first kappa shape index (κ1) is 19.7. The maximum Gasteiger partial charge on any atom is 0.126 e. The minimum atomic E-state index is -2.34. The van der Waals surface area contributed by atoms with Crippen LogP contribution in [0.2, 0.25) is 0 Å². The fourth-order valence-electron chi connectivity index (χ4n) is 4.81. The van der Waals surface area contributed by atoms with Crippen LogP contribution < -0.4 is 10.0 Å². The van der Waals surface area contributed by atoms with E-state index in [1.54, 1.807) is 6.07 Å². The lowest BCUT2D eigenvalue weighted by atomic mass is 9.73. The number of likely N-dealkylation sites (N-methyl/N-ethyl adjacent to an activating group) is 1. The summed E-state index contributed by atoms with van der Waals surface area (Å²) >= 11 is -2.34. The topological polar surface area (TPSA) is 64.2 Å². The van der Waals surface area contributed by atoms with Gasteiger partial charge >= 0.3 is 0 Å². The van der Waals surface area contributed by atoms with Gasteiger partial charge in [-0.2, -0.15) is 0 Å². The van der Waals surface area contributed by atoms with Gasteiger partial charge in [-0.3, -0.25) is 4.21 Å². The lowest BCUT2D eigenvalue weighted by Gasteiger charge is -2.43. The number of hydrogen-bond donors (Lipinski definition) is 2. The van der Waals surface area contributed by atoms with E-state index in [0.29, 0.717) is 12.0 Å². The molecule has 1 fully saturated rings. The summed E-state index contributed by atoms with van der Waals surface area (Å²) in [5, 5.41) is 3.40. The van der Waals surface area contributed by atoms with E-state index in [1.165, 1.54) is 11.1 Å². The molecule has 0 saturated heterocycles. The molecule has 6 heteroatoms. The molecule has 0 radical (unpaired) electrons. The van der Waals surface area contributed by atoms with Crippen molar-refractivity contribution in [1.82, 2.24) is 10.0 Å². The molecular weight excluding hydrogens is 375 g/mol. The first-order chi connectivity index (χ1) is 13.5. The summed E-state index contributed by atoms with van der Waals surface area (Å²) in [7, 11) is 1.96. The predicted octanol–water partition coefficient (Wildman–Crippen LogP) is 3.15. The molecule has 28 heavy (non-hydrogen) atoms. The van der Waals surface area contributed by atoms with E-state index in [2.05, 4.69) is 22.2 Å². The van der Waals surface area contributed by atoms with Gasteiger partial charge in [0, 0.05) is 28.8 Å². The molecule has 4 nitrogen and oxygen atoms in total. The second-order valence-electron chi connectivity index (χ2n) is 8.19. The summed E-state index contributed by atoms with van der Waals surface area (Å²) in [5.41, 5.74) is 3.61. The second kappa shape index (κ2) is 8.03. The third kappa shape index (κ3) is 3.92. The molecule has 0 spiro atoms. The van der Waals surface area contributed by atoms with E-state index in [-0.39, 0.29) is 17.8 Å². The Bertz CT molecular complexity index is 870. The molecular formula is C22H26FN2O2S-. The van der Waals surface area contributed by atoms with Gasteiger partial charge in [-0.25, -0.2) is 9.11 Å². The number of nitrogens with one attached hydrogen (secondary N) is 2. The van der Waals surface area contributed by atoms with E-state index in [9.17, 15) is 13.2 Å². The van der Waals surface area contributed by atoms with Crippen molar-refractivity contribution in [2.75, 3.05) is 7.05 Å². The molecule has 0 aromatic heterocycles. The van der Waals surface area contributed by atoms with Crippen LogP contribution in [0.3, 0.4) is 0 Å². The van der Waals surface area contributed by atoms with Gasteiger partial charge in [-0.05, 0) is 73.9 Å². The Kier molecular flexibility index (Phi) is 5.65. The molecule has 2 aliphatic carbocycles. The van der Waals surface area contributed by atoms with Crippen LogP contribution in [-0.4, -0.2) is 27.4 Å². The molecule has 2 aromatic carbocycles. The van der Waals surface area contributed by atoms with Crippen LogP contribution in [0, 0.1) is 5.82 Å². The zero-order valence-corrected chi connectivity index (χ0v) is 16.9. The van der Waals surface area contributed by atoms with Crippen LogP contribution in [0.4, 0.5) is 4.39 Å². The van der Waals surface area contributed by atoms with E-state index in [0.717, 1.165) is 37.7 Å². The van der Waals surface area contributed by atoms with Gasteiger partial charge in [0.25, 0.3) is 0 Å². The molecule has 0 amide bonds. The maximum atomic E-state index is 14.9. The van der Waals surface area contributed by atoms with Gasteiger partial charge in [0.2, 0.25) is 0 Å². The second-order valence-corrected chi connectivity index (χ2v) is 8.86. The minimum Gasteiger partial charge on any atom is -0.760 e. The van der Waals surface area contributed by atoms with Crippen molar-refractivity contribution in [2.45, 2.75) is 56.0 Å². The summed E-state index contributed by atoms with van der Waals surface area (Å²) in [4.78, 5) is 0. The Morgan fingerprint density at radius 3 is 2.61 bits per heavy atom. The van der Waals surface area contributed by atoms with Gasteiger partial charge in [-0.1, -0.05) is 36.4 Å². The van der Waals surface area contributed by atoms with Crippen molar-refractivity contribution >= 4 is 11.3 Å². The fraction of sp³-hybridized carbons (Fsp3) is 0.455. The molecule has 4 rings (SSSR count). The zero-order chi connectivity index (χ0) is 19.7. The van der Waals surface area contributed by atoms with Gasteiger partial charge in [0.1, 0.15) is 5.82 Å². The van der Waals surface area contributed by atoms with Crippen molar-refractivity contribution in [2.24, 2.45) is 0 Å². The quantitative estimate of drug-likeness (QED) is 0.701. The average Bonchev–Trinajstić information content (AvgIpc) is 2.97. The van der Waals surface area contributed by atoms with Crippen LogP contribution in [0.15, 0.2) is 42.5 Å². The number of halogens is 1. The highest BCUT2D eigenvalue weighted by Gasteiger charge is 2.39. The monoisotopic (exact) mass is 401 g/mol. The Hall–Kier alpha value is -1.60. The van der Waals surface area contributed by atoms with Gasteiger partial charge in [0.05, 0.1) is 0 Å². The number of benzene rings is 2. The van der Waals surface area contributed by atoms with Crippen LogP contribution in [0.25, 0.3) is 0 Å². The van der Waals surface area contributed by atoms with E-state index < -0.39 is 16.8 Å². The lowest BCUT2D eigenvalue weighted by molar-refractivity contribution is 0.216. The summed E-state index contributed by atoms with van der Waals surface area (Å²) in [5.74, 6) is 0.0550. The Morgan fingerprint density at radius 1 is 1.25 bits per heavy atom. The third-order valence-electron chi connectivity index (χ3n) is 6.44. The maximum absolute atomic E-state index is 14.9.